The Labute approximate surface area is 312 Å². The van der Waals surface area contributed by atoms with Crippen molar-refractivity contribution in [3.05, 3.63) is 77.1 Å². The highest BCUT2D eigenvalue weighted by Crippen LogP contribution is 2.36. The average Bonchev–Trinajstić information content (AvgIpc) is 3.14. The summed E-state index contributed by atoms with van der Waals surface area (Å²) < 4.78 is 5.73. The van der Waals surface area contributed by atoms with Gasteiger partial charge in [-0.25, -0.2) is 15.4 Å². The Bertz CT molecular complexity index is 1800. The quantitative estimate of drug-likeness (QED) is 0.125. The number of nitrogens with zero attached hydrogens (tertiary/aromatic N) is 6. The second-order valence-corrected chi connectivity index (χ2v) is 14.1. The van der Waals surface area contributed by atoms with Crippen LogP contribution in [0, 0.1) is 13.8 Å². The Balaban J connectivity index is 1.61. The summed E-state index contributed by atoms with van der Waals surface area (Å²) in [5.41, 5.74) is 15.3. The lowest BCUT2D eigenvalue weighted by Gasteiger charge is -2.38. The number of hydrogen-bond donors (Lipinski definition) is 3. The number of ether oxygens (including phenoxy) is 1. The van der Waals surface area contributed by atoms with E-state index < -0.39 is 0 Å². The number of rotatable bonds is 14. The Hall–Kier alpha value is -5.14. The summed E-state index contributed by atoms with van der Waals surface area (Å²) in [5.74, 6) is 0.430. The molecular formula is C40H53N9O4. The number of hydrazone groups is 1. The fourth-order valence-electron chi connectivity index (χ4n) is 6.83. The maximum Gasteiger partial charge on any atom is 0.251 e. The van der Waals surface area contributed by atoms with Crippen LogP contribution in [0.4, 0.5) is 17.3 Å². The monoisotopic (exact) mass is 723 g/mol. The molecule has 0 bridgehead atoms. The highest BCUT2D eigenvalue weighted by Gasteiger charge is 2.29. The molecule has 282 valence electrons. The minimum absolute atomic E-state index is 0.00415. The van der Waals surface area contributed by atoms with Crippen molar-refractivity contribution in [1.82, 2.24) is 25.6 Å². The minimum Gasteiger partial charge on any atom is -0.383 e. The second kappa shape index (κ2) is 18.1. The summed E-state index contributed by atoms with van der Waals surface area (Å²) in [4.78, 5) is 56.5. The summed E-state index contributed by atoms with van der Waals surface area (Å²) in [6, 6.07) is 9.81. The molecule has 2 amide bonds. The van der Waals surface area contributed by atoms with Gasteiger partial charge in [0.1, 0.15) is 11.6 Å². The van der Waals surface area contributed by atoms with Crippen LogP contribution in [-0.2, 0) is 27.3 Å². The first-order valence-corrected chi connectivity index (χ1v) is 18.3. The summed E-state index contributed by atoms with van der Waals surface area (Å²) in [7, 11) is 2.12. The molecule has 13 nitrogen and oxygen atoms in total. The fraction of sp³-hybridized carbons (Fsp3) is 0.450. The van der Waals surface area contributed by atoms with Gasteiger partial charge >= 0.3 is 0 Å². The molecule has 4 heterocycles. The van der Waals surface area contributed by atoms with Gasteiger partial charge in [0.15, 0.2) is 5.78 Å². The van der Waals surface area contributed by atoms with Gasteiger partial charge in [0.2, 0.25) is 5.91 Å². The lowest BCUT2D eigenvalue weighted by molar-refractivity contribution is -0.121. The number of carbonyl (C=O) groups excluding carboxylic acids is 3. The van der Waals surface area contributed by atoms with Crippen molar-refractivity contribution in [1.29, 1.82) is 0 Å². The molecule has 2 fully saturated rings. The number of pyridine rings is 2. The fourth-order valence-corrected chi connectivity index (χ4v) is 6.83. The van der Waals surface area contributed by atoms with E-state index in [-0.39, 0.29) is 43.0 Å². The van der Waals surface area contributed by atoms with Crippen LogP contribution in [0.2, 0.25) is 0 Å². The summed E-state index contributed by atoms with van der Waals surface area (Å²) in [5, 5.41) is 7.16. The summed E-state index contributed by atoms with van der Waals surface area (Å²) in [6.07, 6.45) is 4.64. The number of anilines is 3. The highest BCUT2D eigenvalue weighted by molar-refractivity contribution is 6.02. The molecule has 0 unspecified atom stereocenters. The van der Waals surface area contributed by atoms with Gasteiger partial charge in [0, 0.05) is 111 Å². The van der Waals surface area contributed by atoms with Crippen molar-refractivity contribution in [3.8, 4) is 11.1 Å². The molecule has 2 aromatic heterocycles. The molecule has 5 rings (SSSR count). The third kappa shape index (κ3) is 10.3. The van der Waals surface area contributed by atoms with E-state index in [1.807, 2.05) is 64.2 Å². The molecule has 1 aromatic carbocycles. The van der Waals surface area contributed by atoms with Crippen LogP contribution in [0.1, 0.15) is 65.9 Å². The number of amides is 2. The molecule has 53 heavy (non-hydrogen) atoms. The van der Waals surface area contributed by atoms with Gasteiger partial charge in [0.05, 0.1) is 0 Å². The standard InChI is InChI=1S/C40H53N9O4/c1-7-32(50)23-33-34(40(52)43-25-35-27(4)20-28(5)44-39(35)41)21-30(29-8-9-37(42-24-29)48-16-14-47(6)15-17-48)22-36(33)49(31-11-18-53-19-12-31)13-10-38(51)46-45-26(2)3/h7-9,20-22,24,31H,1,10-19,23,25H2,2-6H3,(H2,41,44)(H,43,52)(H,46,51). The Morgan fingerprint density at radius 3 is 2.43 bits per heavy atom. The lowest BCUT2D eigenvalue weighted by Crippen LogP contribution is -2.44. The minimum atomic E-state index is -0.362. The van der Waals surface area contributed by atoms with Gasteiger partial charge in [-0.05, 0) is 101 Å². The third-order valence-corrected chi connectivity index (χ3v) is 9.82. The van der Waals surface area contributed by atoms with Crippen LogP contribution >= 0.6 is 0 Å². The van der Waals surface area contributed by atoms with Crippen LogP contribution in [0.5, 0.6) is 0 Å². The van der Waals surface area contributed by atoms with Gasteiger partial charge < -0.3 is 30.5 Å². The molecule has 0 saturated carbocycles. The van der Waals surface area contributed by atoms with Crippen molar-refractivity contribution >= 4 is 40.6 Å². The Kier molecular flexibility index (Phi) is 13.3. The van der Waals surface area contributed by atoms with E-state index in [0.717, 1.165) is 65.7 Å². The largest absolute Gasteiger partial charge is 0.383 e. The first kappa shape index (κ1) is 39.1. The topological polar surface area (TPSA) is 158 Å². The van der Waals surface area contributed by atoms with Gasteiger partial charge in [-0.15, -0.1) is 0 Å². The van der Waals surface area contributed by atoms with Crippen LogP contribution in [0.15, 0.2) is 54.3 Å². The van der Waals surface area contributed by atoms with Crippen molar-refractivity contribution in [3.63, 3.8) is 0 Å². The SMILES string of the molecule is C=CC(=O)Cc1c(C(=O)NCc2c(C)cc(C)nc2N)cc(-c2ccc(N3CCN(C)CC3)nc2)cc1N(CCC(=O)NN=C(C)C)C1CCOCC1. The molecule has 2 aliphatic rings. The zero-order valence-corrected chi connectivity index (χ0v) is 31.7. The predicted octanol–water partition coefficient (Wildman–Crippen LogP) is 4.21. The zero-order valence-electron chi connectivity index (χ0n) is 31.7. The third-order valence-electron chi connectivity index (χ3n) is 9.82. The lowest BCUT2D eigenvalue weighted by atomic mass is 9.92. The van der Waals surface area contributed by atoms with E-state index >= 15 is 0 Å². The van der Waals surface area contributed by atoms with Gasteiger partial charge in [0.25, 0.3) is 5.91 Å². The van der Waals surface area contributed by atoms with E-state index in [2.05, 4.69) is 49.2 Å². The van der Waals surface area contributed by atoms with Crippen molar-refractivity contribution in [2.45, 2.75) is 66.0 Å². The highest BCUT2D eigenvalue weighted by atomic mass is 16.5. The molecule has 0 atom stereocenters. The normalized spacial score (nSPS) is 15.1. The first-order valence-electron chi connectivity index (χ1n) is 18.3. The summed E-state index contributed by atoms with van der Waals surface area (Å²) in [6.45, 7) is 16.5. The maximum absolute atomic E-state index is 14.4. The smallest absolute Gasteiger partial charge is 0.251 e. The molecule has 0 aliphatic carbocycles. The number of ketones is 1. The number of piperazine rings is 1. The van der Waals surface area contributed by atoms with E-state index in [1.165, 1.54) is 6.08 Å². The molecule has 3 aromatic rings. The number of benzene rings is 1. The number of hydrogen-bond acceptors (Lipinski definition) is 11. The number of aryl methyl sites for hydroxylation is 2. The number of allylic oxidation sites excluding steroid dienone is 1. The number of nitrogens with one attached hydrogen (secondary N) is 2. The van der Waals surface area contributed by atoms with Gasteiger partial charge in [-0.1, -0.05) is 6.58 Å². The zero-order chi connectivity index (χ0) is 38.1. The Morgan fingerprint density at radius 1 is 1.06 bits per heavy atom. The van der Waals surface area contributed by atoms with E-state index in [9.17, 15) is 14.4 Å². The molecule has 2 saturated heterocycles. The number of likely N-dealkylation sites (N-methyl/N-ethyl adjacent to an activating group) is 1. The summed E-state index contributed by atoms with van der Waals surface area (Å²) >= 11 is 0. The van der Waals surface area contributed by atoms with Crippen LogP contribution in [0.3, 0.4) is 0 Å². The van der Waals surface area contributed by atoms with Crippen molar-refractivity contribution in [2.24, 2.45) is 5.10 Å². The number of carbonyl (C=O) groups is 3. The van der Waals surface area contributed by atoms with E-state index in [1.54, 1.807) is 0 Å². The molecule has 13 heteroatoms. The van der Waals surface area contributed by atoms with Crippen LogP contribution < -0.4 is 26.3 Å². The molecular weight excluding hydrogens is 670 g/mol. The second-order valence-electron chi connectivity index (χ2n) is 14.1. The first-order chi connectivity index (χ1) is 25.4. The molecule has 0 radical (unpaired) electrons. The van der Waals surface area contributed by atoms with E-state index in [4.69, 9.17) is 15.5 Å². The van der Waals surface area contributed by atoms with Gasteiger partial charge in [-0.3, -0.25) is 14.4 Å². The number of nitrogens with two attached hydrogens (primary N) is 1. The maximum atomic E-state index is 14.4. The molecule has 2 aliphatic heterocycles. The number of nitrogen functional groups attached to an aromatic ring is 1. The molecule has 0 spiro atoms. The predicted molar refractivity (Wildman–Crippen MR) is 210 cm³/mol. The van der Waals surface area contributed by atoms with Crippen LogP contribution in [-0.4, -0.2) is 97.2 Å². The van der Waals surface area contributed by atoms with Crippen LogP contribution in [0.25, 0.3) is 11.1 Å². The molecule has 4 N–H and O–H groups in total. The Morgan fingerprint density at radius 2 is 1.79 bits per heavy atom. The average molecular weight is 724 g/mol. The van der Waals surface area contributed by atoms with Crippen molar-refractivity contribution in [2.75, 3.05) is 68.5 Å². The van der Waals surface area contributed by atoms with Crippen molar-refractivity contribution < 1.29 is 19.1 Å². The van der Waals surface area contributed by atoms with Gasteiger partial charge in [-0.2, -0.15) is 5.10 Å². The number of aromatic nitrogens is 2. The van der Waals surface area contributed by atoms with E-state index in [0.29, 0.717) is 55.2 Å².